The molecular formula is C13H23NO3S. The van der Waals surface area contributed by atoms with Crippen molar-refractivity contribution in [3.05, 3.63) is 12.2 Å². The van der Waals surface area contributed by atoms with Gasteiger partial charge in [0.2, 0.25) is 5.91 Å². The standard InChI is InChI=1S/C13H23NO3S/c1-13(2,3)18(16,17)9-8-14-12(15)10-11-6-4-5-7-11/h4,6,11H,5,7-10H2,1-3H3,(H,14,15)/t11-/m1/s1. The minimum atomic E-state index is -3.15. The lowest BCUT2D eigenvalue weighted by Gasteiger charge is -2.19. The molecule has 104 valence electrons. The van der Waals surface area contributed by atoms with Crippen LogP contribution in [0.15, 0.2) is 12.2 Å². The number of hydrogen-bond donors (Lipinski definition) is 1. The predicted molar refractivity (Wildman–Crippen MR) is 73.0 cm³/mol. The fourth-order valence-corrected chi connectivity index (χ4v) is 2.79. The van der Waals surface area contributed by atoms with Gasteiger partial charge in [-0.15, -0.1) is 0 Å². The van der Waals surface area contributed by atoms with Crippen molar-refractivity contribution in [2.75, 3.05) is 12.3 Å². The lowest BCUT2D eigenvalue weighted by molar-refractivity contribution is -0.121. The van der Waals surface area contributed by atoms with Crippen LogP contribution in [0.1, 0.15) is 40.0 Å². The topological polar surface area (TPSA) is 63.2 Å². The van der Waals surface area contributed by atoms with Crippen molar-refractivity contribution in [3.63, 3.8) is 0 Å². The minimum Gasteiger partial charge on any atom is -0.355 e. The largest absolute Gasteiger partial charge is 0.355 e. The third-order valence-electron chi connectivity index (χ3n) is 3.19. The van der Waals surface area contributed by atoms with Crippen LogP contribution in [0.2, 0.25) is 0 Å². The summed E-state index contributed by atoms with van der Waals surface area (Å²) in [6, 6.07) is 0. The zero-order valence-corrected chi connectivity index (χ0v) is 12.2. The number of sulfone groups is 1. The number of hydrogen-bond acceptors (Lipinski definition) is 3. The van der Waals surface area contributed by atoms with Gasteiger partial charge < -0.3 is 5.32 Å². The second kappa shape index (κ2) is 5.87. The fourth-order valence-electron chi connectivity index (χ4n) is 1.81. The summed E-state index contributed by atoms with van der Waals surface area (Å²) in [5, 5.41) is 2.69. The monoisotopic (exact) mass is 273 g/mol. The Morgan fingerprint density at radius 2 is 2.06 bits per heavy atom. The van der Waals surface area contributed by atoms with Crippen molar-refractivity contribution in [1.82, 2.24) is 5.32 Å². The first-order valence-corrected chi connectivity index (χ1v) is 8.03. The Morgan fingerprint density at radius 3 is 2.56 bits per heavy atom. The minimum absolute atomic E-state index is 0.00272. The smallest absolute Gasteiger partial charge is 0.220 e. The van der Waals surface area contributed by atoms with Crippen molar-refractivity contribution in [2.45, 2.75) is 44.8 Å². The Morgan fingerprint density at radius 1 is 1.39 bits per heavy atom. The van der Waals surface area contributed by atoms with Crippen LogP contribution in [0.25, 0.3) is 0 Å². The lowest BCUT2D eigenvalue weighted by Crippen LogP contribution is -2.36. The van der Waals surface area contributed by atoms with E-state index in [-0.39, 0.29) is 18.2 Å². The van der Waals surface area contributed by atoms with E-state index in [4.69, 9.17) is 0 Å². The highest BCUT2D eigenvalue weighted by atomic mass is 32.2. The number of nitrogens with one attached hydrogen (secondary N) is 1. The van der Waals surface area contributed by atoms with E-state index < -0.39 is 14.6 Å². The maximum atomic E-state index is 11.8. The Balaban J connectivity index is 2.29. The molecule has 0 aromatic rings. The normalized spacial score (nSPS) is 20.1. The zero-order chi connectivity index (χ0) is 13.8. The summed E-state index contributed by atoms with van der Waals surface area (Å²) in [5.74, 6) is 0.267. The van der Waals surface area contributed by atoms with Gasteiger partial charge in [0, 0.05) is 13.0 Å². The second-order valence-corrected chi connectivity index (χ2v) is 8.61. The summed E-state index contributed by atoms with van der Waals surface area (Å²) in [6.07, 6.45) is 6.67. The van der Waals surface area contributed by atoms with Gasteiger partial charge in [0.15, 0.2) is 9.84 Å². The van der Waals surface area contributed by atoms with E-state index in [1.165, 1.54) is 0 Å². The highest BCUT2D eigenvalue weighted by molar-refractivity contribution is 7.92. The highest BCUT2D eigenvalue weighted by Crippen LogP contribution is 2.20. The number of rotatable bonds is 5. The van der Waals surface area contributed by atoms with Crippen LogP contribution in [0.4, 0.5) is 0 Å². The van der Waals surface area contributed by atoms with E-state index in [1.807, 2.05) is 0 Å². The molecule has 0 saturated carbocycles. The molecule has 1 atom stereocenters. The average Bonchev–Trinajstić information content (AvgIpc) is 2.68. The van der Waals surface area contributed by atoms with E-state index in [1.54, 1.807) is 20.8 Å². The lowest BCUT2D eigenvalue weighted by atomic mass is 10.1. The van der Waals surface area contributed by atoms with Gasteiger partial charge in [0.05, 0.1) is 10.5 Å². The summed E-state index contributed by atoms with van der Waals surface area (Å²) in [7, 11) is -3.15. The molecule has 1 N–H and O–H groups in total. The molecule has 4 nitrogen and oxygen atoms in total. The van der Waals surface area contributed by atoms with Crippen LogP contribution >= 0.6 is 0 Å². The van der Waals surface area contributed by atoms with Crippen LogP contribution in [0, 0.1) is 5.92 Å². The molecular weight excluding hydrogens is 250 g/mol. The number of amides is 1. The molecule has 0 bridgehead atoms. The summed E-state index contributed by atoms with van der Waals surface area (Å²) < 4.78 is 22.9. The van der Waals surface area contributed by atoms with Crippen molar-refractivity contribution in [2.24, 2.45) is 5.92 Å². The van der Waals surface area contributed by atoms with E-state index >= 15 is 0 Å². The van der Waals surface area contributed by atoms with Gasteiger partial charge in [-0.25, -0.2) is 8.42 Å². The van der Waals surface area contributed by atoms with Gasteiger partial charge in [0.25, 0.3) is 0 Å². The second-order valence-electron chi connectivity index (χ2n) is 5.75. The first-order chi connectivity index (χ1) is 8.22. The number of carbonyl (C=O) groups excluding carboxylic acids is 1. The molecule has 0 spiro atoms. The van der Waals surface area contributed by atoms with Crippen LogP contribution in [0.3, 0.4) is 0 Å². The molecule has 5 heteroatoms. The maximum absolute atomic E-state index is 11.8. The molecule has 1 aliphatic rings. The van der Waals surface area contributed by atoms with E-state index in [0.717, 1.165) is 12.8 Å². The first-order valence-electron chi connectivity index (χ1n) is 6.38. The molecule has 1 aliphatic carbocycles. The Kier molecular flexibility index (Phi) is 4.96. The SMILES string of the molecule is CC(C)(C)S(=O)(=O)CCNC(=O)C[C@@H]1C=CCC1. The molecule has 0 aromatic heterocycles. The first kappa shape index (κ1) is 15.2. The van der Waals surface area contributed by atoms with E-state index in [2.05, 4.69) is 17.5 Å². The van der Waals surface area contributed by atoms with Crippen molar-refractivity contribution in [1.29, 1.82) is 0 Å². The molecule has 0 aromatic carbocycles. The molecule has 0 radical (unpaired) electrons. The molecule has 0 heterocycles. The third kappa shape index (κ3) is 4.44. The van der Waals surface area contributed by atoms with Gasteiger partial charge in [-0.3, -0.25) is 4.79 Å². The Hall–Kier alpha value is -0.840. The van der Waals surface area contributed by atoms with Crippen molar-refractivity contribution >= 4 is 15.7 Å². The van der Waals surface area contributed by atoms with E-state index in [9.17, 15) is 13.2 Å². The Labute approximate surface area is 110 Å². The summed E-state index contributed by atoms with van der Waals surface area (Å²) in [6.45, 7) is 5.23. The number of allylic oxidation sites excluding steroid dienone is 2. The van der Waals surface area contributed by atoms with Crippen LogP contribution in [-0.2, 0) is 14.6 Å². The maximum Gasteiger partial charge on any atom is 0.220 e. The molecule has 0 unspecified atom stereocenters. The van der Waals surface area contributed by atoms with Gasteiger partial charge in [0.1, 0.15) is 0 Å². The fraction of sp³-hybridized carbons (Fsp3) is 0.769. The van der Waals surface area contributed by atoms with E-state index in [0.29, 0.717) is 12.3 Å². The average molecular weight is 273 g/mol. The van der Waals surface area contributed by atoms with Gasteiger partial charge in [-0.05, 0) is 39.5 Å². The zero-order valence-electron chi connectivity index (χ0n) is 11.4. The summed E-state index contributed by atoms with van der Waals surface area (Å²) in [5.41, 5.74) is 0. The molecule has 18 heavy (non-hydrogen) atoms. The summed E-state index contributed by atoms with van der Waals surface area (Å²) in [4.78, 5) is 11.6. The van der Waals surface area contributed by atoms with Crippen molar-refractivity contribution < 1.29 is 13.2 Å². The quantitative estimate of drug-likeness (QED) is 0.775. The molecule has 1 amide bonds. The third-order valence-corrected chi connectivity index (χ3v) is 5.79. The molecule has 0 fully saturated rings. The van der Waals surface area contributed by atoms with Gasteiger partial charge >= 0.3 is 0 Å². The van der Waals surface area contributed by atoms with Crippen LogP contribution in [-0.4, -0.2) is 31.4 Å². The van der Waals surface area contributed by atoms with Gasteiger partial charge in [-0.2, -0.15) is 0 Å². The van der Waals surface area contributed by atoms with Gasteiger partial charge in [-0.1, -0.05) is 12.2 Å². The predicted octanol–water partition coefficient (Wildman–Crippen LogP) is 1.67. The Bertz CT molecular complexity index is 418. The van der Waals surface area contributed by atoms with Crippen LogP contribution in [0.5, 0.6) is 0 Å². The number of carbonyl (C=O) groups is 1. The molecule has 1 rings (SSSR count). The summed E-state index contributed by atoms with van der Waals surface area (Å²) >= 11 is 0. The molecule has 0 aliphatic heterocycles. The highest BCUT2D eigenvalue weighted by Gasteiger charge is 2.28. The van der Waals surface area contributed by atoms with Crippen molar-refractivity contribution in [3.8, 4) is 0 Å². The van der Waals surface area contributed by atoms with Crippen LogP contribution < -0.4 is 5.32 Å². The molecule has 0 saturated heterocycles.